The maximum atomic E-state index is 12.0. The zero-order valence-corrected chi connectivity index (χ0v) is 13.2. The largest absolute Gasteiger partial charge is 0.287 e. The van der Waals surface area contributed by atoms with Gasteiger partial charge in [-0.25, -0.2) is 0 Å². The molecule has 3 heteroatoms. The number of hydrogen-bond donors (Lipinski definition) is 0. The highest BCUT2D eigenvalue weighted by atomic mass is 31.2. The van der Waals surface area contributed by atoms with Gasteiger partial charge >= 0.3 is 0 Å². The summed E-state index contributed by atoms with van der Waals surface area (Å²) >= 11 is 0. The lowest BCUT2D eigenvalue weighted by Crippen LogP contribution is -2.32. The molecule has 3 aromatic rings. The van der Waals surface area contributed by atoms with Gasteiger partial charge in [-0.3, -0.25) is 0 Å². The van der Waals surface area contributed by atoms with Crippen molar-refractivity contribution in [3.05, 3.63) is 90.5 Å². The normalized spacial score (nSPS) is 11.4. The molecular weight excluding hydrogens is 291 g/mol. The fourth-order valence-corrected chi connectivity index (χ4v) is 5.51. The molecule has 0 saturated carbocycles. The smallest absolute Gasteiger partial charge is 0.0620 e. The van der Waals surface area contributed by atoms with E-state index < -0.39 is 7.49 Å². The van der Waals surface area contributed by atoms with Crippen LogP contribution in [0.4, 0.5) is 0 Å². The molecule has 3 aromatic carbocycles. The van der Waals surface area contributed by atoms with Crippen molar-refractivity contribution in [1.29, 1.82) is 0 Å². The minimum absolute atomic E-state index is 0.931. The topological polar surface area (TPSA) is 29.1 Å². The first-order valence-corrected chi connectivity index (χ1v) is 8.87. The summed E-state index contributed by atoms with van der Waals surface area (Å²) in [4.78, 5) is 0. The molecule has 0 heterocycles. The van der Waals surface area contributed by atoms with Gasteiger partial charge in [-0.15, -0.1) is 0 Å². The Morgan fingerprint density at radius 2 is 1.05 bits per heavy atom. The van der Waals surface area contributed by atoms with Gasteiger partial charge in [0.1, 0.15) is 15.9 Å². The Bertz CT molecular complexity index is 685. The first-order valence-electron chi connectivity index (χ1n) is 7.16. The van der Waals surface area contributed by atoms with Gasteiger partial charge in [-0.1, -0.05) is 54.1 Å². The Balaban J connectivity index is 2.28. The molecule has 0 bridgehead atoms. The molecule has 0 aromatic heterocycles. The van der Waals surface area contributed by atoms with Crippen molar-refractivity contribution in [2.45, 2.75) is 6.92 Å². The van der Waals surface area contributed by atoms with E-state index in [9.17, 15) is 5.26 Å². The van der Waals surface area contributed by atoms with E-state index in [0.29, 0.717) is 0 Å². The Hall–Kier alpha value is -1.99. The third-order valence-corrected chi connectivity index (χ3v) is 7.05. The van der Waals surface area contributed by atoms with Crippen molar-refractivity contribution < 1.29 is 9.93 Å². The molecule has 0 unspecified atom stereocenters. The van der Waals surface area contributed by atoms with Gasteiger partial charge in [0.05, 0.1) is 0 Å². The van der Waals surface area contributed by atoms with Crippen LogP contribution in [0.2, 0.25) is 0 Å². The van der Waals surface area contributed by atoms with Gasteiger partial charge in [0, 0.05) is 5.26 Å². The van der Waals surface area contributed by atoms with Crippen LogP contribution in [0.5, 0.6) is 0 Å². The van der Waals surface area contributed by atoms with E-state index in [-0.39, 0.29) is 0 Å². The first kappa shape index (κ1) is 14.9. The quantitative estimate of drug-likeness (QED) is 0.411. The van der Waals surface area contributed by atoms with Crippen LogP contribution in [-0.4, -0.2) is 0 Å². The first-order chi connectivity index (χ1) is 10.8. The van der Waals surface area contributed by atoms with Gasteiger partial charge in [0.15, 0.2) is 0 Å². The van der Waals surface area contributed by atoms with Crippen molar-refractivity contribution in [2.24, 2.45) is 0 Å². The molecule has 0 aliphatic carbocycles. The SMILES string of the molecule is Cc1ccc([P+](O[O])(c2ccccc2)c2ccccc2)cc1. The zero-order valence-electron chi connectivity index (χ0n) is 12.3. The van der Waals surface area contributed by atoms with E-state index in [4.69, 9.17) is 4.67 Å². The molecule has 0 saturated heterocycles. The van der Waals surface area contributed by atoms with Crippen LogP contribution in [0.1, 0.15) is 5.56 Å². The van der Waals surface area contributed by atoms with Crippen LogP contribution in [0.3, 0.4) is 0 Å². The molecule has 0 aliphatic rings. The molecule has 22 heavy (non-hydrogen) atoms. The highest BCUT2D eigenvalue weighted by Crippen LogP contribution is 2.55. The summed E-state index contributed by atoms with van der Waals surface area (Å²) in [6.07, 6.45) is 0. The lowest BCUT2D eigenvalue weighted by Gasteiger charge is -2.20. The van der Waals surface area contributed by atoms with Gasteiger partial charge in [-0.2, -0.15) is 0 Å². The molecule has 0 atom stereocenters. The van der Waals surface area contributed by atoms with E-state index in [1.54, 1.807) is 0 Å². The third kappa shape index (κ3) is 2.57. The molecule has 0 N–H and O–H groups in total. The molecule has 2 nitrogen and oxygen atoms in total. The lowest BCUT2D eigenvalue weighted by atomic mass is 10.2. The van der Waals surface area contributed by atoms with Crippen LogP contribution in [0, 0.1) is 6.92 Å². The van der Waals surface area contributed by atoms with E-state index in [2.05, 4.69) is 0 Å². The number of benzene rings is 3. The van der Waals surface area contributed by atoms with Crippen LogP contribution in [-0.2, 0) is 9.93 Å². The molecule has 0 spiro atoms. The second-order valence-corrected chi connectivity index (χ2v) is 8.11. The molecule has 109 valence electrons. The van der Waals surface area contributed by atoms with Gasteiger partial charge in [-0.05, 0) is 48.0 Å². The lowest BCUT2D eigenvalue weighted by molar-refractivity contribution is -0.200. The Morgan fingerprint density at radius 3 is 1.45 bits per heavy atom. The molecule has 0 fully saturated rings. The monoisotopic (exact) mass is 308 g/mol. The van der Waals surface area contributed by atoms with Crippen molar-refractivity contribution in [1.82, 2.24) is 0 Å². The summed E-state index contributed by atoms with van der Waals surface area (Å²) in [5.74, 6) is 0. The molecule has 1 radical (unpaired) electrons. The van der Waals surface area contributed by atoms with E-state index in [1.807, 2.05) is 91.9 Å². The maximum absolute atomic E-state index is 12.0. The highest BCUT2D eigenvalue weighted by molar-refractivity contribution is 7.91. The van der Waals surface area contributed by atoms with Gasteiger partial charge in [0.2, 0.25) is 0 Å². The van der Waals surface area contributed by atoms with E-state index in [0.717, 1.165) is 21.5 Å². The number of aryl methyl sites for hydroxylation is 1. The Kier molecular flexibility index (Phi) is 4.35. The molecule has 3 rings (SSSR count). The second-order valence-electron chi connectivity index (χ2n) is 5.19. The highest BCUT2D eigenvalue weighted by Gasteiger charge is 2.50. The summed E-state index contributed by atoms with van der Waals surface area (Å²) in [6, 6.07) is 27.6. The Morgan fingerprint density at radius 1 is 0.636 bits per heavy atom. The average Bonchev–Trinajstić information content (AvgIpc) is 2.59. The van der Waals surface area contributed by atoms with Crippen LogP contribution >= 0.6 is 7.49 Å². The van der Waals surface area contributed by atoms with Gasteiger partial charge < -0.3 is 0 Å². The fourth-order valence-electron chi connectivity index (χ4n) is 2.61. The van der Waals surface area contributed by atoms with Gasteiger partial charge in [0.25, 0.3) is 7.49 Å². The van der Waals surface area contributed by atoms with Crippen LogP contribution < -0.4 is 15.9 Å². The second kappa shape index (κ2) is 6.41. The predicted molar refractivity (Wildman–Crippen MR) is 91.7 cm³/mol. The minimum Gasteiger partial charge on any atom is -0.0620 e. The van der Waals surface area contributed by atoms with Crippen LogP contribution in [0.15, 0.2) is 84.9 Å². The van der Waals surface area contributed by atoms with Crippen LogP contribution in [0.25, 0.3) is 0 Å². The third-order valence-electron chi connectivity index (χ3n) is 3.75. The van der Waals surface area contributed by atoms with E-state index in [1.165, 1.54) is 0 Å². The Labute approximate surface area is 131 Å². The van der Waals surface area contributed by atoms with Crippen molar-refractivity contribution in [2.75, 3.05) is 0 Å². The average molecular weight is 308 g/mol. The summed E-state index contributed by atoms with van der Waals surface area (Å²) < 4.78 is 5.00. The summed E-state index contributed by atoms with van der Waals surface area (Å²) in [5, 5.41) is 14.8. The summed E-state index contributed by atoms with van der Waals surface area (Å²) in [5.41, 5.74) is 1.16. The van der Waals surface area contributed by atoms with Crippen molar-refractivity contribution in [3.63, 3.8) is 0 Å². The summed E-state index contributed by atoms with van der Waals surface area (Å²) in [6.45, 7) is 2.03. The standard InChI is InChI=1S/C19H17O2P/c1-16-12-14-19(15-13-16)22(21-20,17-8-4-2-5-9-17)18-10-6-3-7-11-18/h2-15H,1H3/q+1. The number of rotatable bonds is 4. The minimum atomic E-state index is -2.61. The maximum Gasteiger partial charge on any atom is 0.287 e. The molecule has 0 aliphatic heterocycles. The number of hydrogen-bond acceptors (Lipinski definition) is 1. The zero-order chi connectivity index (χ0) is 15.4. The van der Waals surface area contributed by atoms with E-state index >= 15 is 0 Å². The van der Waals surface area contributed by atoms with Crippen molar-refractivity contribution >= 4 is 23.4 Å². The summed E-state index contributed by atoms with van der Waals surface area (Å²) in [7, 11) is -2.61. The van der Waals surface area contributed by atoms with Crippen molar-refractivity contribution in [3.8, 4) is 0 Å². The molecule has 0 amide bonds. The fraction of sp³-hybridized carbons (Fsp3) is 0.0526. The predicted octanol–water partition coefficient (Wildman–Crippen LogP) is 3.57. The molecular formula is C19H17O2P+.